The van der Waals surface area contributed by atoms with Crippen LogP contribution in [0.4, 0.5) is 5.95 Å². The van der Waals surface area contributed by atoms with Crippen LogP contribution in [0.2, 0.25) is 0 Å². The molecule has 1 aromatic carbocycles. The first kappa shape index (κ1) is 22.6. The second-order valence-corrected chi connectivity index (χ2v) is 8.19. The Bertz CT molecular complexity index is 840. The number of halogens is 1. The van der Waals surface area contributed by atoms with E-state index in [2.05, 4.69) is 28.9 Å². The van der Waals surface area contributed by atoms with E-state index in [9.17, 15) is 0 Å². The van der Waals surface area contributed by atoms with E-state index in [1.165, 1.54) is 29.7 Å². The van der Waals surface area contributed by atoms with Crippen molar-refractivity contribution in [1.82, 2.24) is 14.9 Å². The topological polar surface area (TPSA) is 50.7 Å². The Kier molecular flexibility index (Phi) is 7.78. The van der Waals surface area contributed by atoms with E-state index in [-0.39, 0.29) is 12.4 Å². The Morgan fingerprint density at radius 3 is 2.67 bits per heavy atom. The Balaban J connectivity index is 0.00000256. The summed E-state index contributed by atoms with van der Waals surface area (Å²) in [5.74, 6) is 3.33. The van der Waals surface area contributed by atoms with Gasteiger partial charge in [0.15, 0.2) is 11.5 Å². The van der Waals surface area contributed by atoms with Crippen LogP contribution in [0, 0.1) is 5.92 Å². The van der Waals surface area contributed by atoms with E-state index in [1.54, 1.807) is 7.11 Å². The van der Waals surface area contributed by atoms with Crippen LogP contribution in [0.25, 0.3) is 0 Å². The lowest BCUT2D eigenvalue weighted by Crippen LogP contribution is -2.35. The Labute approximate surface area is 186 Å². The molecule has 0 spiro atoms. The van der Waals surface area contributed by atoms with Crippen LogP contribution in [-0.4, -0.2) is 48.2 Å². The molecule has 1 aromatic heterocycles. The summed E-state index contributed by atoms with van der Waals surface area (Å²) in [6, 6.07) is 6.21. The van der Waals surface area contributed by atoms with Crippen molar-refractivity contribution in [2.75, 3.05) is 38.3 Å². The molecule has 7 heteroatoms. The molecule has 1 saturated heterocycles. The largest absolute Gasteiger partial charge is 0.493 e. The van der Waals surface area contributed by atoms with Crippen molar-refractivity contribution >= 4 is 18.4 Å². The van der Waals surface area contributed by atoms with Crippen molar-refractivity contribution in [3.05, 3.63) is 41.2 Å². The predicted octanol–water partition coefficient (Wildman–Crippen LogP) is 4.10. The van der Waals surface area contributed by atoms with Crippen LogP contribution in [-0.2, 0) is 19.5 Å². The average molecular weight is 433 g/mol. The van der Waals surface area contributed by atoms with Gasteiger partial charge in [0.25, 0.3) is 0 Å². The van der Waals surface area contributed by atoms with Crippen molar-refractivity contribution in [2.45, 2.75) is 46.2 Å². The number of anilines is 1. The van der Waals surface area contributed by atoms with Crippen molar-refractivity contribution in [3.63, 3.8) is 0 Å². The lowest BCUT2D eigenvalue weighted by atomic mass is 9.99. The molecule has 4 rings (SSSR count). The zero-order valence-electron chi connectivity index (χ0n) is 18.3. The van der Waals surface area contributed by atoms with Gasteiger partial charge in [0, 0.05) is 50.9 Å². The van der Waals surface area contributed by atoms with Crippen LogP contribution in [0.15, 0.2) is 24.4 Å². The third-order valence-corrected chi connectivity index (χ3v) is 6.00. The summed E-state index contributed by atoms with van der Waals surface area (Å²) in [5, 5.41) is 0. The Hall–Kier alpha value is -2.05. The zero-order chi connectivity index (χ0) is 20.2. The number of fused-ring (bicyclic) bond motifs is 1. The Morgan fingerprint density at radius 1 is 1.13 bits per heavy atom. The number of aromatic nitrogens is 2. The maximum atomic E-state index is 5.63. The quantitative estimate of drug-likeness (QED) is 0.684. The predicted molar refractivity (Wildman–Crippen MR) is 122 cm³/mol. The molecule has 30 heavy (non-hydrogen) atoms. The lowest BCUT2D eigenvalue weighted by Gasteiger charge is -2.32. The van der Waals surface area contributed by atoms with E-state index in [0.717, 1.165) is 62.5 Å². The minimum atomic E-state index is 0. The maximum absolute atomic E-state index is 5.63. The first-order chi connectivity index (χ1) is 14.2. The van der Waals surface area contributed by atoms with Crippen molar-refractivity contribution in [3.8, 4) is 11.5 Å². The number of hydrogen-bond acceptors (Lipinski definition) is 6. The molecule has 164 valence electrons. The second-order valence-electron chi connectivity index (χ2n) is 8.19. The van der Waals surface area contributed by atoms with Crippen LogP contribution in [0.3, 0.4) is 0 Å². The average Bonchev–Trinajstić information content (AvgIpc) is 2.75. The highest BCUT2D eigenvalue weighted by Crippen LogP contribution is 2.29. The van der Waals surface area contributed by atoms with Gasteiger partial charge in [0.05, 0.1) is 19.4 Å². The lowest BCUT2D eigenvalue weighted by molar-refractivity contribution is 0.242. The number of ether oxygens (including phenoxy) is 2. The summed E-state index contributed by atoms with van der Waals surface area (Å²) < 4.78 is 11.1. The molecule has 0 unspecified atom stereocenters. The number of hydrogen-bond donors (Lipinski definition) is 0. The molecule has 0 aliphatic carbocycles. The summed E-state index contributed by atoms with van der Waals surface area (Å²) in [5.41, 5.74) is 3.70. The number of piperidine rings is 1. The van der Waals surface area contributed by atoms with Gasteiger partial charge in [-0.1, -0.05) is 13.0 Å². The summed E-state index contributed by atoms with van der Waals surface area (Å²) in [7, 11) is 1.69. The highest BCUT2D eigenvalue weighted by Gasteiger charge is 2.22. The monoisotopic (exact) mass is 432 g/mol. The summed E-state index contributed by atoms with van der Waals surface area (Å²) >= 11 is 0. The maximum Gasteiger partial charge on any atom is 0.225 e. The third kappa shape index (κ3) is 5.16. The summed E-state index contributed by atoms with van der Waals surface area (Å²) in [6.45, 7) is 9.89. The first-order valence-electron chi connectivity index (χ1n) is 10.8. The highest BCUT2D eigenvalue weighted by molar-refractivity contribution is 5.85. The van der Waals surface area contributed by atoms with Gasteiger partial charge in [-0.25, -0.2) is 9.97 Å². The van der Waals surface area contributed by atoms with Gasteiger partial charge in [-0.05, 0) is 43.4 Å². The molecule has 0 bridgehead atoms. The van der Waals surface area contributed by atoms with Gasteiger partial charge < -0.3 is 14.4 Å². The van der Waals surface area contributed by atoms with E-state index in [4.69, 9.17) is 19.4 Å². The number of rotatable bonds is 6. The molecule has 0 radical (unpaired) electrons. The summed E-state index contributed by atoms with van der Waals surface area (Å²) in [4.78, 5) is 14.4. The molecule has 2 aliphatic heterocycles. The van der Waals surface area contributed by atoms with Gasteiger partial charge >= 0.3 is 0 Å². The van der Waals surface area contributed by atoms with Gasteiger partial charge in [0.2, 0.25) is 5.95 Å². The van der Waals surface area contributed by atoms with Gasteiger partial charge in [-0.2, -0.15) is 0 Å². The SMILES string of the molecule is CCOc1ccc(CN2CCc3nc(N4CCC(C)CC4)ncc3C2)cc1OC.Cl. The highest BCUT2D eigenvalue weighted by atomic mass is 35.5. The molecule has 0 amide bonds. The smallest absolute Gasteiger partial charge is 0.225 e. The fourth-order valence-corrected chi connectivity index (χ4v) is 4.20. The van der Waals surface area contributed by atoms with Gasteiger partial charge in [-0.15, -0.1) is 12.4 Å². The molecule has 0 saturated carbocycles. The first-order valence-corrected chi connectivity index (χ1v) is 10.8. The van der Waals surface area contributed by atoms with Crippen molar-refractivity contribution < 1.29 is 9.47 Å². The van der Waals surface area contributed by atoms with Crippen LogP contribution in [0.1, 0.15) is 43.5 Å². The molecular weight excluding hydrogens is 400 g/mol. The van der Waals surface area contributed by atoms with E-state index >= 15 is 0 Å². The minimum Gasteiger partial charge on any atom is -0.493 e. The normalized spacial score (nSPS) is 17.2. The zero-order valence-corrected chi connectivity index (χ0v) is 19.1. The third-order valence-electron chi connectivity index (χ3n) is 6.00. The standard InChI is InChI=1S/C23H32N4O2.ClH/c1-4-29-21-6-5-18(13-22(21)28-3)15-26-10-9-20-19(16-26)14-24-23(25-20)27-11-7-17(2)8-12-27;/h5-6,13-14,17H,4,7-12,15-16H2,1-3H3;1H. The van der Waals surface area contributed by atoms with Crippen LogP contribution < -0.4 is 14.4 Å². The summed E-state index contributed by atoms with van der Waals surface area (Å²) in [6.07, 6.45) is 5.49. The molecule has 0 atom stereocenters. The fraction of sp³-hybridized carbons (Fsp3) is 0.565. The number of benzene rings is 1. The number of nitrogens with zero attached hydrogens (tertiary/aromatic N) is 4. The molecule has 2 aliphatic rings. The van der Waals surface area contributed by atoms with Crippen LogP contribution in [0.5, 0.6) is 11.5 Å². The van der Waals surface area contributed by atoms with E-state index < -0.39 is 0 Å². The van der Waals surface area contributed by atoms with Crippen LogP contribution >= 0.6 is 12.4 Å². The van der Waals surface area contributed by atoms with Gasteiger partial charge in [0.1, 0.15) is 0 Å². The molecule has 6 nitrogen and oxygen atoms in total. The number of methoxy groups -OCH3 is 1. The van der Waals surface area contributed by atoms with E-state index in [0.29, 0.717) is 6.61 Å². The molecule has 0 N–H and O–H groups in total. The second kappa shape index (κ2) is 10.3. The molecule has 3 heterocycles. The fourth-order valence-electron chi connectivity index (χ4n) is 4.20. The Morgan fingerprint density at radius 2 is 1.93 bits per heavy atom. The minimum absolute atomic E-state index is 0. The molecular formula is C23H33ClN4O2. The van der Waals surface area contributed by atoms with Gasteiger partial charge in [-0.3, -0.25) is 4.90 Å². The molecule has 2 aromatic rings. The van der Waals surface area contributed by atoms with Crippen molar-refractivity contribution in [1.29, 1.82) is 0 Å². The molecule has 1 fully saturated rings. The van der Waals surface area contributed by atoms with E-state index in [1.807, 2.05) is 19.2 Å². The van der Waals surface area contributed by atoms with Crippen molar-refractivity contribution in [2.24, 2.45) is 5.92 Å².